The number of rotatable bonds is 4. The fourth-order valence-corrected chi connectivity index (χ4v) is 3.05. The van der Waals surface area contributed by atoms with Gasteiger partial charge in [-0.3, -0.25) is 4.79 Å². The molecule has 1 aromatic carbocycles. The van der Waals surface area contributed by atoms with Gasteiger partial charge >= 0.3 is 0 Å². The zero-order valence-corrected chi connectivity index (χ0v) is 12.5. The lowest BCUT2D eigenvalue weighted by atomic mass is 10.1. The molecule has 0 aliphatic rings. The molecule has 0 spiro atoms. The Morgan fingerprint density at radius 2 is 1.81 bits per heavy atom. The maximum Gasteiger partial charge on any atom is 0.263 e. The number of hydrogen-bond acceptors (Lipinski definition) is 2. The van der Waals surface area contributed by atoms with Gasteiger partial charge in [-0.25, -0.2) is 0 Å². The molecule has 3 nitrogen and oxygen atoms in total. The highest BCUT2D eigenvalue weighted by molar-refractivity contribution is 7.12. The first-order valence-electron chi connectivity index (χ1n) is 6.82. The Labute approximate surface area is 127 Å². The molecule has 3 rings (SSSR count). The number of carbonyl (C=O) groups is 1. The molecule has 2 heterocycles. The molecular formula is C17H16N2OS. The van der Waals surface area contributed by atoms with Crippen molar-refractivity contribution in [2.75, 3.05) is 0 Å². The number of thiophene rings is 1. The molecule has 21 heavy (non-hydrogen) atoms. The van der Waals surface area contributed by atoms with Crippen LogP contribution in [0.15, 0.2) is 66.3 Å². The van der Waals surface area contributed by atoms with Gasteiger partial charge in [0, 0.05) is 12.4 Å². The van der Waals surface area contributed by atoms with Gasteiger partial charge in [0.2, 0.25) is 0 Å². The number of benzene rings is 1. The topological polar surface area (TPSA) is 34.0 Å². The van der Waals surface area contributed by atoms with Gasteiger partial charge in [-0.1, -0.05) is 30.3 Å². The van der Waals surface area contributed by atoms with Crippen LogP contribution in [0.1, 0.15) is 28.2 Å². The minimum absolute atomic E-state index is 0.0155. The summed E-state index contributed by atoms with van der Waals surface area (Å²) in [5.74, 6) is -0.0370. The summed E-state index contributed by atoms with van der Waals surface area (Å²) < 4.78 is 1.96. The number of hydrogen-bond donors (Lipinski definition) is 1. The summed E-state index contributed by atoms with van der Waals surface area (Å²) in [4.78, 5) is 13.2. The predicted octanol–water partition coefficient (Wildman–Crippen LogP) is 4.03. The molecule has 1 amide bonds. The molecule has 0 bridgehead atoms. The molecule has 0 saturated heterocycles. The van der Waals surface area contributed by atoms with Gasteiger partial charge < -0.3 is 9.88 Å². The number of amides is 1. The lowest BCUT2D eigenvalue weighted by Crippen LogP contribution is -2.26. The second-order valence-electron chi connectivity index (χ2n) is 4.83. The molecule has 1 N–H and O–H groups in total. The molecule has 106 valence electrons. The monoisotopic (exact) mass is 296 g/mol. The van der Waals surface area contributed by atoms with Crippen LogP contribution in [0.2, 0.25) is 0 Å². The van der Waals surface area contributed by atoms with Gasteiger partial charge in [0.05, 0.1) is 11.7 Å². The lowest BCUT2D eigenvalue weighted by Gasteiger charge is -2.14. The summed E-state index contributed by atoms with van der Waals surface area (Å²) in [5.41, 5.74) is 2.02. The van der Waals surface area contributed by atoms with Crippen LogP contribution in [0.4, 0.5) is 0 Å². The van der Waals surface area contributed by atoms with Crippen LogP contribution in [0, 0.1) is 0 Å². The van der Waals surface area contributed by atoms with E-state index in [9.17, 15) is 4.79 Å². The normalized spacial score (nSPS) is 12.0. The zero-order valence-electron chi connectivity index (χ0n) is 11.7. The van der Waals surface area contributed by atoms with Crippen molar-refractivity contribution in [1.29, 1.82) is 0 Å². The van der Waals surface area contributed by atoms with E-state index in [1.165, 1.54) is 11.3 Å². The first-order valence-corrected chi connectivity index (χ1v) is 7.70. The molecule has 0 saturated carbocycles. The van der Waals surface area contributed by atoms with E-state index < -0.39 is 0 Å². The molecule has 1 atom stereocenters. The molecule has 1 unspecified atom stereocenters. The quantitative estimate of drug-likeness (QED) is 0.775. The Kier molecular flexibility index (Phi) is 3.88. The number of carbonyl (C=O) groups excluding carboxylic acids is 1. The standard InChI is InChI=1S/C17H16N2OS/c1-13(14-7-3-2-4-8-14)18-17(20)16-15(9-12-21-16)19-10-5-6-11-19/h2-13H,1H3,(H,18,20). The smallest absolute Gasteiger partial charge is 0.263 e. The van der Waals surface area contributed by atoms with Gasteiger partial charge in [0.25, 0.3) is 5.91 Å². The minimum atomic E-state index is -0.0370. The molecular weight excluding hydrogens is 280 g/mol. The first kappa shape index (κ1) is 13.6. The number of aromatic nitrogens is 1. The van der Waals surface area contributed by atoms with Gasteiger partial charge in [-0.15, -0.1) is 11.3 Å². The van der Waals surface area contributed by atoms with E-state index in [0.29, 0.717) is 0 Å². The van der Waals surface area contributed by atoms with E-state index in [1.807, 2.05) is 77.8 Å². The van der Waals surface area contributed by atoms with Gasteiger partial charge in [0.1, 0.15) is 4.88 Å². The summed E-state index contributed by atoms with van der Waals surface area (Å²) in [6, 6.07) is 15.8. The second-order valence-corrected chi connectivity index (χ2v) is 5.75. The summed E-state index contributed by atoms with van der Waals surface area (Å²) in [6.45, 7) is 2.00. The predicted molar refractivity (Wildman–Crippen MR) is 86.0 cm³/mol. The van der Waals surface area contributed by atoms with Crippen molar-refractivity contribution in [1.82, 2.24) is 9.88 Å². The van der Waals surface area contributed by atoms with Crippen LogP contribution in [-0.4, -0.2) is 10.5 Å². The van der Waals surface area contributed by atoms with E-state index in [1.54, 1.807) is 0 Å². The largest absolute Gasteiger partial charge is 0.345 e. The molecule has 0 radical (unpaired) electrons. The summed E-state index contributed by atoms with van der Waals surface area (Å²) >= 11 is 1.46. The van der Waals surface area contributed by atoms with Crippen molar-refractivity contribution in [3.8, 4) is 5.69 Å². The van der Waals surface area contributed by atoms with Gasteiger partial charge in [-0.2, -0.15) is 0 Å². The zero-order chi connectivity index (χ0) is 14.7. The first-order chi connectivity index (χ1) is 10.3. The summed E-state index contributed by atoms with van der Waals surface area (Å²) in [7, 11) is 0. The van der Waals surface area contributed by atoms with Crippen molar-refractivity contribution in [2.24, 2.45) is 0 Å². The van der Waals surface area contributed by atoms with Crippen LogP contribution in [0.25, 0.3) is 5.69 Å². The average Bonchev–Trinajstić information content (AvgIpc) is 3.18. The maximum absolute atomic E-state index is 12.5. The third-order valence-corrected chi connectivity index (χ3v) is 4.28. The van der Waals surface area contributed by atoms with E-state index in [2.05, 4.69) is 5.32 Å². The fourth-order valence-electron chi connectivity index (χ4n) is 2.26. The van der Waals surface area contributed by atoms with Gasteiger partial charge in [-0.05, 0) is 36.1 Å². The lowest BCUT2D eigenvalue weighted by molar-refractivity contribution is 0.0944. The summed E-state index contributed by atoms with van der Waals surface area (Å²) in [6.07, 6.45) is 3.89. The highest BCUT2D eigenvalue weighted by atomic mass is 32.1. The van der Waals surface area contributed by atoms with Crippen molar-refractivity contribution in [2.45, 2.75) is 13.0 Å². The van der Waals surface area contributed by atoms with Crippen LogP contribution in [-0.2, 0) is 0 Å². The maximum atomic E-state index is 12.5. The van der Waals surface area contributed by atoms with Crippen molar-refractivity contribution in [3.63, 3.8) is 0 Å². The third kappa shape index (κ3) is 2.90. The fraction of sp³-hybridized carbons (Fsp3) is 0.118. The Morgan fingerprint density at radius 1 is 1.10 bits per heavy atom. The van der Waals surface area contributed by atoms with E-state index in [4.69, 9.17) is 0 Å². The molecule has 0 aliphatic heterocycles. The minimum Gasteiger partial charge on any atom is -0.345 e. The Bertz CT molecular complexity index is 716. The highest BCUT2D eigenvalue weighted by Gasteiger charge is 2.16. The van der Waals surface area contributed by atoms with Crippen molar-refractivity contribution < 1.29 is 4.79 Å². The van der Waals surface area contributed by atoms with E-state index in [-0.39, 0.29) is 11.9 Å². The molecule has 0 aliphatic carbocycles. The molecule has 2 aromatic heterocycles. The Morgan fingerprint density at radius 3 is 2.52 bits per heavy atom. The van der Waals surface area contributed by atoms with Crippen LogP contribution >= 0.6 is 11.3 Å². The number of nitrogens with one attached hydrogen (secondary N) is 1. The Balaban J connectivity index is 1.79. The SMILES string of the molecule is CC(NC(=O)c1sccc1-n1cccc1)c1ccccc1. The van der Waals surface area contributed by atoms with E-state index >= 15 is 0 Å². The average molecular weight is 296 g/mol. The van der Waals surface area contributed by atoms with Gasteiger partial charge in [0.15, 0.2) is 0 Å². The van der Waals surface area contributed by atoms with E-state index in [0.717, 1.165) is 16.1 Å². The van der Waals surface area contributed by atoms with Crippen molar-refractivity contribution >= 4 is 17.2 Å². The molecule has 3 aromatic rings. The second kappa shape index (κ2) is 5.97. The summed E-state index contributed by atoms with van der Waals surface area (Å²) in [5, 5.41) is 5.00. The van der Waals surface area contributed by atoms with Crippen LogP contribution in [0.3, 0.4) is 0 Å². The molecule has 4 heteroatoms. The Hall–Kier alpha value is -2.33. The third-order valence-electron chi connectivity index (χ3n) is 3.38. The highest BCUT2D eigenvalue weighted by Crippen LogP contribution is 2.22. The van der Waals surface area contributed by atoms with Crippen molar-refractivity contribution in [3.05, 3.63) is 76.7 Å². The molecule has 0 fully saturated rings. The van der Waals surface area contributed by atoms with Crippen LogP contribution in [0.5, 0.6) is 0 Å². The van der Waals surface area contributed by atoms with Crippen LogP contribution < -0.4 is 5.32 Å². The number of nitrogens with zero attached hydrogens (tertiary/aromatic N) is 1.